The SMILES string of the molecule is CC(Oc1ccc(Cl)cc1Cl)C(=O)NC(CO)CO. The van der Waals surface area contributed by atoms with Crippen LogP contribution in [0.15, 0.2) is 18.2 Å². The summed E-state index contributed by atoms with van der Waals surface area (Å²) in [5.41, 5.74) is 0. The molecule has 0 heterocycles. The third kappa shape index (κ3) is 4.87. The highest BCUT2D eigenvalue weighted by atomic mass is 35.5. The fourth-order valence-corrected chi connectivity index (χ4v) is 1.74. The topological polar surface area (TPSA) is 78.8 Å². The molecule has 1 aromatic carbocycles. The molecule has 0 radical (unpaired) electrons. The minimum atomic E-state index is -0.820. The average Bonchev–Trinajstić information content (AvgIpc) is 2.38. The Labute approximate surface area is 121 Å². The molecule has 0 spiro atoms. The van der Waals surface area contributed by atoms with Crippen LogP contribution in [-0.4, -0.2) is 41.5 Å². The molecule has 0 bridgehead atoms. The second-order valence-corrected chi connectivity index (χ2v) is 4.75. The smallest absolute Gasteiger partial charge is 0.261 e. The molecule has 1 atom stereocenters. The van der Waals surface area contributed by atoms with E-state index < -0.39 is 18.1 Å². The quantitative estimate of drug-likeness (QED) is 0.738. The first-order valence-corrected chi connectivity index (χ1v) is 6.37. The Morgan fingerprint density at radius 3 is 2.53 bits per heavy atom. The van der Waals surface area contributed by atoms with Gasteiger partial charge in [-0.05, 0) is 25.1 Å². The minimum Gasteiger partial charge on any atom is -0.479 e. The lowest BCUT2D eigenvalue weighted by molar-refractivity contribution is -0.128. The van der Waals surface area contributed by atoms with Gasteiger partial charge in [-0.3, -0.25) is 4.79 Å². The number of aliphatic hydroxyl groups excluding tert-OH is 2. The number of amides is 1. The average molecular weight is 308 g/mol. The molecule has 3 N–H and O–H groups in total. The van der Waals surface area contributed by atoms with Gasteiger partial charge in [-0.2, -0.15) is 0 Å². The van der Waals surface area contributed by atoms with Crippen LogP contribution in [0.4, 0.5) is 0 Å². The van der Waals surface area contributed by atoms with Crippen molar-refractivity contribution in [3.05, 3.63) is 28.2 Å². The Balaban J connectivity index is 2.63. The number of hydrogen-bond acceptors (Lipinski definition) is 4. The maximum absolute atomic E-state index is 11.7. The second kappa shape index (κ2) is 7.55. The van der Waals surface area contributed by atoms with Gasteiger partial charge in [0.05, 0.1) is 24.3 Å². The summed E-state index contributed by atoms with van der Waals surface area (Å²) < 4.78 is 5.39. The van der Waals surface area contributed by atoms with Crippen molar-refractivity contribution in [1.82, 2.24) is 5.32 Å². The molecule has 0 aliphatic heterocycles. The number of rotatable bonds is 6. The largest absolute Gasteiger partial charge is 0.479 e. The van der Waals surface area contributed by atoms with Gasteiger partial charge in [-0.25, -0.2) is 0 Å². The number of aliphatic hydroxyl groups is 2. The molecule has 1 amide bonds. The molecule has 1 aromatic rings. The van der Waals surface area contributed by atoms with Crippen molar-refractivity contribution in [2.24, 2.45) is 0 Å². The van der Waals surface area contributed by atoms with E-state index in [9.17, 15) is 4.79 Å². The Kier molecular flexibility index (Phi) is 6.37. The van der Waals surface area contributed by atoms with E-state index in [-0.39, 0.29) is 13.2 Å². The lowest BCUT2D eigenvalue weighted by atomic mass is 10.3. The first-order chi connectivity index (χ1) is 8.97. The molecular weight excluding hydrogens is 293 g/mol. The molecule has 1 unspecified atom stereocenters. The van der Waals surface area contributed by atoms with Crippen LogP contribution < -0.4 is 10.1 Å². The van der Waals surface area contributed by atoms with Gasteiger partial charge in [-0.1, -0.05) is 23.2 Å². The third-order valence-corrected chi connectivity index (χ3v) is 2.88. The second-order valence-electron chi connectivity index (χ2n) is 3.91. The van der Waals surface area contributed by atoms with Crippen LogP contribution in [0.3, 0.4) is 0 Å². The molecule has 106 valence electrons. The zero-order chi connectivity index (χ0) is 14.4. The van der Waals surface area contributed by atoms with Crippen molar-refractivity contribution in [1.29, 1.82) is 0 Å². The minimum absolute atomic E-state index is 0.299. The van der Waals surface area contributed by atoms with Gasteiger partial charge in [0.15, 0.2) is 6.10 Å². The van der Waals surface area contributed by atoms with Crippen molar-refractivity contribution >= 4 is 29.1 Å². The molecule has 0 aliphatic carbocycles. The fraction of sp³-hybridized carbons (Fsp3) is 0.417. The molecule has 0 saturated carbocycles. The summed E-state index contributed by atoms with van der Waals surface area (Å²) in [4.78, 5) is 11.7. The van der Waals surface area contributed by atoms with Gasteiger partial charge < -0.3 is 20.3 Å². The highest BCUT2D eigenvalue weighted by Gasteiger charge is 2.19. The monoisotopic (exact) mass is 307 g/mol. The van der Waals surface area contributed by atoms with E-state index in [0.717, 1.165) is 0 Å². The summed E-state index contributed by atoms with van der Waals surface area (Å²) in [7, 11) is 0. The fourth-order valence-electron chi connectivity index (χ4n) is 1.28. The predicted octanol–water partition coefficient (Wildman–Crippen LogP) is 1.23. The van der Waals surface area contributed by atoms with Crippen molar-refractivity contribution in [3.63, 3.8) is 0 Å². The Hall–Kier alpha value is -1.01. The summed E-state index contributed by atoms with van der Waals surface area (Å²) in [6.07, 6.45) is -0.820. The lowest BCUT2D eigenvalue weighted by Crippen LogP contribution is -2.45. The maximum atomic E-state index is 11.7. The van der Waals surface area contributed by atoms with Crippen LogP contribution in [0.5, 0.6) is 5.75 Å². The molecule has 19 heavy (non-hydrogen) atoms. The van der Waals surface area contributed by atoms with Gasteiger partial charge in [0.1, 0.15) is 5.75 Å². The van der Waals surface area contributed by atoms with E-state index >= 15 is 0 Å². The van der Waals surface area contributed by atoms with E-state index in [2.05, 4.69) is 5.32 Å². The summed E-state index contributed by atoms with van der Waals surface area (Å²) >= 11 is 11.7. The molecular formula is C12H15Cl2NO4. The van der Waals surface area contributed by atoms with Crippen LogP contribution in [0, 0.1) is 0 Å². The number of nitrogens with one attached hydrogen (secondary N) is 1. The number of hydrogen-bond donors (Lipinski definition) is 3. The normalized spacial score (nSPS) is 12.3. The zero-order valence-electron chi connectivity index (χ0n) is 10.3. The standard InChI is InChI=1S/C12H15Cl2NO4/c1-7(12(18)15-9(5-16)6-17)19-11-3-2-8(13)4-10(11)14/h2-4,7,9,16-17H,5-6H2,1H3,(H,15,18). The van der Waals surface area contributed by atoms with Crippen LogP contribution in [-0.2, 0) is 4.79 Å². The number of carbonyl (C=O) groups is 1. The number of ether oxygens (including phenoxy) is 1. The van der Waals surface area contributed by atoms with Gasteiger partial charge in [0.25, 0.3) is 5.91 Å². The lowest BCUT2D eigenvalue weighted by Gasteiger charge is -2.19. The number of benzene rings is 1. The van der Waals surface area contributed by atoms with Crippen LogP contribution in [0.2, 0.25) is 10.0 Å². The number of halogens is 2. The summed E-state index contributed by atoms with van der Waals surface area (Å²) in [5, 5.41) is 20.9. The van der Waals surface area contributed by atoms with Gasteiger partial charge in [0, 0.05) is 5.02 Å². The molecule has 0 saturated heterocycles. The summed E-state index contributed by atoms with van der Waals surface area (Å²) in [6.45, 7) is 0.833. The van der Waals surface area contributed by atoms with E-state index in [4.69, 9.17) is 38.2 Å². The molecule has 0 aliphatic rings. The molecule has 7 heteroatoms. The maximum Gasteiger partial charge on any atom is 0.261 e. The van der Waals surface area contributed by atoms with E-state index in [1.165, 1.54) is 13.0 Å². The predicted molar refractivity (Wildman–Crippen MR) is 72.7 cm³/mol. The van der Waals surface area contributed by atoms with E-state index in [0.29, 0.717) is 15.8 Å². The molecule has 0 fully saturated rings. The first-order valence-electron chi connectivity index (χ1n) is 5.61. The zero-order valence-corrected chi connectivity index (χ0v) is 11.8. The molecule has 5 nitrogen and oxygen atoms in total. The van der Waals surface area contributed by atoms with Crippen LogP contribution in [0.25, 0.3) is 0 Å². The van der Waals surface area contributed by atoms with Crippen molar-refractivity contribution < 1.29 is 19.7 Å². The Morgan fingerprint density at radius 2 is 2.00 bits per heavy atom. The van der Waals surface area contributed by atoms with Crippen molar-refractivity contribution in [2.45, 2.75) is 19.1 Å². The Bertz CT molecular complexity index is 438. The van der Waals surface area contributed by atoms with Gasteiger partial charge in [0.2, 0.25) is 0 Å². The highest BCUT2D eigenvalue weighted by Crippen LogP contribution is 2.28. The van der Waals surface area contributed by atoms with Crippen LogP contribution in [0.1, 0.15) is 6.92 Å². The van der Waals surface area contributed by atoms with E-state index in [1.807, 2.05) is 0 Å². The molecule has 0 aromatic heterocycles. The van der Waals surface area contributed by atoms with Gasteiger partial charge >= 0.3 is 0 Å². The van der Waals surface area contributed by atoms with E-state index in [1.54, 1.807) is 12.1 Å². The third-order valence-electron chi connectivity index (χ3n) is 2.35. The first kappa shape index (κ1) is 16.0. The Morgan fingerprint density at radius 1 is 1.37 bits per heavy atom. The highest BCUT2D eigenvalue weighted by molar-refractivity contribution is 6.35. The van der Waals surface area contributed by atoms with Crippen LogP contribution >= 0.6 is 23.2 Å². The van der Waals surface area contributed by atoms with Gasteiger partial charge in [-0.15, -0.1) is 0 Å². The summed E-state index contributed by atoms with van der Waals surface area (Å²) in [5.74, 6) is -0.127. The summed E-state index contributed by atoms with van der Waals surface area (Å²) in [6, 6.07) is 3.95. The van der Waals surface area contributed by atoms with Crippen molar-refractivity contribution in [2.75, 3.05) is 13.2 Å². The number of carbonyl (C=O) groups excluding carboxylic acids is 1. The molecule has 1 rings (SSSR count). The van der Waals surface area contributed by atoms with Crippen molar-refractivity contribution in [3.8, 4) is 5.75 Å².